The summed E-state index contributed by atoms with van der Waals surface area (Å²) in [5.41, 5.74) is 3.25. The maximum atomic E-state index is 12.5. The number of piperidine rings is 1. The SMILES string of the molecule is Cc1cccc(-c2cc(N3CCC(C(=O)NCC4CCCO4)CC3)ncn2)c1. The smallest absolute Gasteiger partial charge is 0.223 e. The van der Waals surface area contributed by atoms with Crippen LogP contribution < -0.4 is 10.2 Å². The quantitative estimate of drug-likeness (QED) is 0.864. The van der Waals surface area contributed by atoms with Crippen molar-refractivity contribution in [2.75, 3.05) is 31.1 Å². The Bertz CT molecular complexity index is 812. The molecule has 2 fully saturated rings. The van der Waals surface area contributed by atoms with Gasteiger partial charge in [-0.3, -0.25) is 4.79 Å². The molecule has 0 spiro atoms. The van der Waals surface area contributed by atoms with Crippen molar-refractivity contribution in [1.82, 2.24) is 15.3 Å². The van der Waals surface area contributed by atoms with Gasteiger partial charge < -0.3 is 15.0 Å². The van der Waals surface area contributed by atoms with Crippen LogP contribution in [-0.4, -0.2) is 48.2 Å². The zero-order valence-corrected chi connectivity index (χ0v) is 16.4. The standard InChI is InChI=1S/C22H28N4O2/c1-16-4-2-5-18(12-16)20-13-21(25-15-24-20)26-9-7-17(8-10-26)22(27)23-14-19-6-3-11-28-19/h2,4-5,12-13,15,17,19H,3,6-11,14H2,1H3,(H,23,27). The largest absolute Gasteiger partial charge is 0.376 e. The van der Waals surface area contributed by atoms with Gasteiger partial charge in [0.15, 0.2) is 0 Å². The third-order valence-corrected chi connectivity index (χ3v) is 5.68. The number of nitrogens with zero attached hydrogens (tertiary/aromatic N) is 3. The van der Waals surface area contributed by atoms with Gasteiger partial charge in [-0.2, -0.15) is 0 Å². The van der Waals surface area contributed by atoms with Gasteiger partial charge in [0.05, 0.1) is 11.8 Å². The minimum atomic E-state index is 0.0794. The molecule has 0 saturated carbocycles. The lowest BCUT2D eigenvalue weighted by Gasteiger charge is -2.32. The molecule has 2 aliphatic rings. The third kappa shape index (κ3) is 4.50. The highest BCUT2D eigenvalue weighted by Gasteiger charge is 2.26. The Morgan fingerprint density at radius 2 is 2.07 bits per heavy atom. The van der Waals surface area contributed by atoms with Crippen LogP contribution in [0.2, 0.25) is 0 Å². The van der Waals surface area contributed by atoms with Gasteiger partial charge >= 0.3 is 0 Å². The molecule has 2 aromatic rings. The van der Waals surface area contributed by atoms with Crippen LogP contribution in [0.1, 0.15) is 31.2 Å². The normalized spacial score (nSPS) is 20.3. The van der Waals surface area contributed by atoms with Crippen LogP contribution >= 0.6 is 0 Å². The number of ether oxygens (including phenoxy) is 1. The summed E-state index contributed by atoms with van der Waals surface area (Å²) >= 11 is 0. The van der Waals surface area contributed by atoms with E-state index < -0.39 is 0 Å². The van der Waals surface area contributed by atoms with Gasteiger partial charge in [0.1, 0.15) is 12.1 Å². The van der Waals surface area contributed by atoms with E-state index in [1.165, 1.54) is 5.56 Å². The Morgan fingerprint density at radius 3 is 2.82 bits per heavy atom. The van der Waals surface area contributed by atoms with E-state index in [1.807, 2.05) is 12.1 Å². The van der Waals surface area contributed by atoms with Crippen molar-refractivity contribution >= 4 is 11.7 Å². The van der Waals surface area contributed by atoms with E-state index in [9.17, 15) is 4.79 Å². The lowest BCUT2D eigenvalue weighted by atomic mass is 9.95. The summed E-state index contributed by atoms with van der Waals surface area (Å²) in [6.45, 7) is 5.22. The Kier molecular flexibility index (Phi) is 5.86. The molecule has 1 N–H and O–H groups in total. The summed E-state index contributed by atoms with van der Waals surface area (Å²) in [6.07, 6.45) is 5.68. The molecule has 1 atom stereocenters. The monoisotopic (exact) mass is 380 g/mol. The molecule has 0 bridgehead atoms. The van der Waals surface area contributed by atoms with Crippen molar-refractivity contribution in [3.05, 3.63) is 42.2 Å². The third-order valence-electron chi connectivity index (χ3n) is 5.68. The van der Waals surface area contributed by atoms with Crippen molar-refractivity contribution in [1.29, 1.82) is 0 Å². The van der Waals surface area contributed by atoms with Gasteiger partial charge in [0.2, 0.25) is 5.91 Å². The molecule has 2 aliphatic heterocycles. The number of amides is 1. The van der Waals surface area contributed by atoms with Gasteiger partial charge in [-0.25, -0.2) is 9.97 Å². The molecule has 0 aliphatic carbocycles. The summed E-state index contributed by atoms with van der Waals surface area (Å²) in [5.74, 6) is 1.18. The second-order valence-electron chi connectivity index (χ2n) is 7.77. The summed E-state index contributed by atoms with van der Waals surface area (Å²) in [6, 6.07) is 10.4. The van der Waals surface area contributed by atoms with Gasteiger partial charge in [0.25, 0.3) is 0 Å². The average Bonchev–Trinajstić information content (AvgIpc) is 3.26. The molecule has 4 rings (SSSR count). The van der Waals surface area contributed by atoms with Crippen LogP contribution in [0.15, 0.2) is 36.7 Å². The van der Waals surface area contributed by atoms with Crippen LogP contribution in [-0.2, 0) is 9.53 Å². The zero-order chi connectivity index (χ0) is 19.3. The predicted octanol–water partition coefficient (Wildman–Crippen LogP) is 2.96. The number of rotatable bonds is 5. The van der Waals surface area contributed by atoms with Gasteiger partial charge in [-0.15, -0.1) is 0 Å². The number of aromatic nitrogens is 2. The van der Waals surface area contributed by atoms with E-state index in [-0.39, 0.29) is 17.9 Å². The lowest BCUT2D eigenvalue weighted by Crippen LogP contribution is -2.42. The zero-order valence-electron chi connectivity index (χ0n) is 16.4. The van der Waals surface area contributed by atoms with E-state index in [4.69, 9.17) is 4.74 Å². The first-order valence-corrected chi connectivity index (χ1v) is 10.2. The van der Waals surface area contributed by atoms with E-state index >= 15 is 0 Å². The maximum absolute atomic E-state index is 12.5. The van der Waals surface area contributed by atoms with Crippen LogP contribution in [0, 0.1) is 12.8 Å². The van der Waals surface area contributed by atoms with Gasteiger partial charge in [0, 0.05) is 43.8 Å². The fourth-order valence-corrected chi connectivity index (χ4v) is 4.02. The second kappa shape index (κ2) is 8.69. The predicted molar refractivity (Wildman–Crippen MR) is 109 cm³/mol. The van der Waals surface area contributed by atoms with Crippen molar-refractivity contribution in [3.8, 4) is 11.3 Å². The molecule has 28 heavy (non-hydrogen) atoms. The summed E-state index contributed by atoms with van der Waals surface area (Å²) in [7, 11) is 0. The van der Waals surface area contributed by atoms with Crippen LogP contribution in [0.3, 0.4) is 0 Å². The first-order valence-electron chi connectivity index (χ1n) is 10.2. The molecule has 6 nitrogen and oxygen atoms in total. The number of carbonyl (C=O) groups excluding carboxylic acids is 1. The number of carbonyl (C=O) groups is 1. The number of hydrogen-bond acceptors (Lipinski definition) is 5. The molecule has 1 aromatic carbocycles. The Morgan fingerprint density at radius 1 is 1.21 bits per heavy atom. The van der Waals surface area contributed by atoms with Gasteiger partial charge in [-0.05, 0) is 38.7 Å². The first kappa shape index (κ1) is 18.9. The lowest BCUT2D eigenvalue weighted by molar-refractivity contribution is -0.126. The van der Waals surface area contributed by atoms with Crippen molar-refractivity contribution < 1.29 is 9.53 Å². The van der Waals surface area contributed by atoms with Crippen LogP contribution in [0.5, 0.6) is 0 Å². The second-order valence-corrected chi connectivity index (χ2v) is 7.77. The number of nitrogens with one attached hydrogen (secondary N) is 1. The highest BCUT2D eigenvalue weighted by atomic mass is 16.5. The van der Waals surface area contributed by atoms with Crippen molar-refractivity contribution in [3.63, 3.8) is 0 Å². The number of hydrogen-bond donors (Lipinski definition) is 1. The number of benzene rings is 1. The van der Waals surface area contributed by atoms with Crippen molar-refractivity contribution in [2.24, 2.45) is 5.92 Å². The van der Waals surface area contributed by atoms with Crippen molar-refractivity contribution in [2.45, 2.75) is 38.7 Å². The number of anilines is 1. The van der Waals surface area contributed by atoms with Crippen LogP contribution in [0.4, 0.5) is 5.82 Å². The first-order chi connectivity index (χ1) is 13.7. The molecular formula is C22H28N4O2. The summed E-state index contributed by atoms with van der Waals surface area (Å²) < 4.78 is 5.58. The average molecular weight is 380 g/mol. The molecule has 148 valence electrons. The van der Waals surface area contributed by atoms with Crippen LogP contribution in [0.25, 0.3) is 11.3 Å². The summed E-state index contributed by atoms with van der Waals surface area (Å²) in [4.78, 5) is 23.6. The summed E-state index contributed by atoms with van der Waals surface area (Å²) in [5, 5.41) is 3.08. The maximum Gasteiger partial charge on any atom is 0.223 e. The highest BCUT2D eigenvalue weighted by molar-refractivity contribution is 5.79. The van der Waals surface area contributed by atoms with E-state index in [2.05, 4.69) is 45.3 Å². The molecule has 1 unspecified atom stereocenters. The molecule has 1 aromatic heterocycles. The Hall–Kier alpha value is -2.47. The fourth-order valence-electron chi connectivity index (χ4n) is 4.02. The molecular weight excluding hydrogens is 352 g/mol. The highest BCUT2D eigenvalue weighted by Crippen LogP contribution is 2.25. The topological polar surface area (TPSA) is 67.4 Å². The molecule has 1 amide bonds. The molecule has 0 radical (unpaired) electrons. The van der Waals surface area contributed by atoms with E-state index in [1.54, 1.807) is 6.33 Å². The van der Waals surface area contributed by atoms with E-state index in [0.717, 1.165) is 62.5 Å². The molecule has 2 saturated heterocycles. The Labute approximate surface area is 166 Å². The minimum Gasteiger partial charge on any atom is -0.376 e. The van der Waals surface area contributed by atoms with Gasteiger partial charge in [-0.1, -0.05) is 23.8 Å². The fraction of sp³-hybridized carbons (Fsp3) is 0.500. The molecule has 3 heterocycles. The molecule has 6 heteroatoms. The minimum absolute atomic E-state index is 0.0794. The number of aryl methyl sites for hydroxylation is 1. The van der Waals surface area contributed by atoms with E-state index in [0.29, 0.717) is 6.54 Å². The Balaban J connectivity index is 1.33.